The van der Waals surface area contributed by atoms with E-state index >= 15 is 0 Å². The van der Waals surface area contributed by atoms with Gasteiger partial charge in [-0.1, -0.05) is 35.9 Å². The SMILES string of the molecule is O=c1c(Cl)c(NCc2ccc(F)cc2C(F)(F)F)cnn1-c1ccccc1. The average molecular weight is 398 g/mol. The predicted octanol–water partition coefficient (Wildman–Crippen LogP) is 4.66. The Morgan fingerprint density at radius 3 is 2.48 bits per heavy atom. The van der Waals surface area contributed by atoms with Crippen LogP contribution in [-0.4, -0.2) is 9.78 Å². The van der Waals surface area contributed by atoms with Crippen molar-refractivity contribution in [1.29, 1.82) is 0 Å². The number of alkyl halides is 3. The van der Waals surface area contributed by atoms with Gasteiger partial charge >= 0.3 is 6.18 Å². The Balaban J connectivity index is 1.88. The standard InChI is InChI=1S/C18H12ClF4N3O/c19-16-15(10-25-26(17(16)27)13-4-2-1-3-5-13)24-9-11-6-7-12(20)8-14(11)18(21,22)23/h1-8,10,24H,9H2. The second kappa shape index (κ2) is 7.40. The molecule has 3 rings (SSSR count). The second-order valence-corrected chi connectivity index (χ2v) is 5.96. The van der Waals surface area contributed by atoms with Crippen LogP contribution < -0.4 is 10.9 Å². The molecule has 0 amide bonds. The van der Waals surface area contributed by atoms with Gasteiger partial charge in [-0.25, -0.2) is 4.39 Å². The molecule has 0 aliphatic rings. The number of nitrogens with zero attached hydrogens (tertiary/aromatic N) is 2. The van der Waals surface area contributed by atoms with Crippen LogP contribution in [0.5, 0.6) is 0 Å². The highest BCUT2D eigenvalue weighted by Crippen LogP contribution is 2.33. The van der Waals surface area contributed by atoms with Crippen LogP contribution in [-0.2, 0) is 12.7 Å². The maximum atomic E-state index is 13.2. The number of halogens is 5. The van der Waals surface area contributed by atoms with Crippen LogP contribution in [0.2, 0.25) is 5.02 Å². The zero-order valence-electron chi connectivity index (χ0n) is 13.6. The molecule has 0 fully saturated rings. The van der Waals surface area contributed by atoms with E-state index in [1.807, 2.05) is 0 Å². The molecule has 0 aliphatic heterocycles. The van der Waals surface area contributed by atoms with Crippen molar-refractivity contribution in [3.63, 3.8) is 0 Å². The molecule has 1 aromatic heterocycles. The first-order valence-corrected chi connectivity index (χ1v) is 8.08. The molecule has 0 unspecified atom stereocenters. The molecule has 9 heteroatoms. The summed E-state index contributed by atoms with van der Waals surface area (Å²) in [5.74, 6) is -0.990. The number of para-hydroxylation sites is 1. The summed E-state index contributed by atoms with van der Waals surface area (Å²) in [5.41, 5.74) is -1.34. The van der Waals surface area contributed by atoms with E-state index in [1.165, 1.54) is 6.20 Å². The molecule has 0 saturated carbocycles. The normalized spacial score (nSPS) is 11.4. The smallest absolute Gasteiger partial charge is 0.378 e. The lowest BCUT2D eigenvalue weighted by molar-refractivity contribution is -0.138. The van der Waals surface area contributed by atoms with Crippen LogP contribution in [0.4, 0.5) is 23.2 Å². The summed E-state index contributed by atoms with van der Waals surface area (Å²) >= 11 is 6.05. The van der Waals surface area contributed by atoms with Gasteiger partial charge in [0.2, 0.25) is 0 Å². The van der Waals surface area contributed by atoms with Crippen LogP contribution in [0.1, 0.15) is 11.1 Å². The fourth-order valence-electron chi connectivity index (χ4n) is 2.47. The number of nitrogens with one attached hydrogen (secondary N) is 1. The molecular formula is C18H12ClF4N3O. The van der Waals surface area contributed by atoms with Crippen molar-refractivity contribution in [3.8, 4) is 5.69 Å². The molecule has 0 radical (unpaired) electrons. The minimum absolute atomic E-state index is 0.0753. The third-order valence-corrected chi connectivity index (χ3v) is 4.13. The molecule has 4 nitrogen and oxygen atoms in total. The molecule has 0 aliphatic carbocycles. The lowest BCUT2D eigenvalue weighted by Crippen LogP contribution is -2.22. The highest BCUT2D eigenvalue weighted by molar-refractivity contribution is 6.32. The Morgan fingerprint density at radius 1 is 1.11 bits per heavy atom. The maximum Gasteiger partial charge on any atom is 0.416 e. The van der Waals surface area contributed by atoms with Gasteiger partial charge in [0.15, 0.2) is 0 Å². The molecule has 0 atom stereocenters. The second-order valence-electron chi connectivity index (χ2n) is 5.58. The zero-order chi connectivity index (χ0) is 19.6. The number of anilines is 1. The lowest BCUT2D eigenvalue weighted by Gasteiger charge is -2.15. The first kappa shape index (κ1) is 18.9. The van der Waals surface area contributed by atoms with Crippen LogP contribution in [0.3, 0.4) is 0 Å². The van der Waals surface area contributed by atoms with Crippen molar-refractivity contribution in [2.24, 2.45) is 0 Å². The largest absolute Gasteiger partial charge is 0.416 e. The van der Waals surface area contributed by atoms with Gasteiger partial charge in [-0.15, -0.1) is 0 Å². The Hall–Kier alpha value is -2.87. The Bertz CT molecular complexity index is 1020. The molecule has 0 spiro atoms. The fourth-order valence-corrected chi connectivity index (χ4v) is 2.66. The topological polar surface area (TPSA) is 46.9 Å². The summed E-state index contributed by atoms with van der Waals surface area (Å²) in [6.07, 6.45) is -3.47. The molecule has 1 heterocycles. The van der Waals surface area contributed by atoms with Crippen LogP contribution in [0.15, 0.2) is 59.5 Å². The highest BCUT2D eigenvalue weighted by atomic mass is 35.5. The van der Waals surface area contributed by atoms with E-state index in [1.54, 1.807) is 30.3 Å². The van der Waals surface area contributed by atoms with E-state index in [0.29, 0.717) is 11.8 Å². The molecular weight excluding hydrogens is 386 g/mol. The zero-order valence-corrected chi connectivity index (χ0v) is 14.4. The fraction of sp³-hybridized carbons (Fsp3) is 0.111. The van der Waals surface area contributed by atoms with Crippen LogP contribution >= 0.6 is 11.6 Å². The van der Waals surface area contributed by atoms with Crippen LogP contribution in [0.25, 0.3) is 5.69 Å². The maximum absolute atomic E-state index is 13.2. The van der Waals surface area contributed by atoms with E-state index in [-0.39, 0.29) is 22.8 Å². The number of rotatable bonds is 4. The van der Waals surface area contributed by atoms with Gasteiger partial charge in [0, 0.05) is 6.54 Å². The molecule has 140 valence electrons. The summed E-state index contributed by atoms with van der Waals surface area (Å²) in [6.45, 7) is -0.314. The van der Waals surface area contributed by atoms with Crippen molar-refractivity contribution in [3.05, 3.63) is 87.0 Å². The van der Waals surface area contributed by atoms with Crippen molar-refractivity contribution >= 4 is 17.3 Å². The summed E-state index contributed by atoms with van der Waals surface area (Å²) in [6, 6.07) is 10.9. The molecule has 1 N–H and O–H groups in total. The van der Waals surface area contributed by atoms with Gasteiger partial charge in [0.05, 0.1) is 23.1 Å². The lowest BCUT2D eigenvalue weighted by atomic mass is 10.1. The van der Waals surface area contributed by atoms with Crippen molar-refractivity contribution in [2.45, 2.75) is 12.7 Å². The predicted molar refractivity (Wildman–Crippen MR) is 93.6 cm³/mol. The first-order valence-electron chi connectivity index (χ1n) is 7.70. The van der Waals surface area contributed by atoms with E-state index in [2.05, 4.69) is 10.4 Å². The number of hydrogen-bond acceptors (Lipinski definition) is 3. The molecule has 2 aromatic carbocycles. The number of hydrogen-bond donors (Lipinski definition) is 1. The minimum Gasteiger partial charge on any atom is -0.378 e. The van der Waals surface area contributed by atoms with Crippen molar-refractivity contribution in [1.82, 2.24) is 9.78 Å². The molecule has 0 saturated heterocycles. The summed E-state index contributed by atoms with van der Waals surface area (Å²) in [4.78, 5) is 12.4. The van der Waals surface area contributed by atoms with Gasteiger partial charge in [0.25, 0.3) is 5.56 Å². The summed E-state index contributed by atoms with van der Waals surface area (Å²) < 4.78 is 53.4. The molecule has 0 bridgehead atoms. The van der Waals surface area contributed by atoms with Gasteiger partial charge in [-0.3, -0.25) is 4.79 Å². The third kappa shape index (κ3) is 4.11. The Labute approximate surface area is 156 Å². The van der Waals surface area contributed by atoms with Crippen LogP contribution in [0, 0.1) is 5.82 Å². The van der Waals surface area contributed by atoms with E-state index in [4.69, 9.17) is 11.6 Å². The van der Waals surface area contributed by atoms with Gasteiger partial charge in [-0.05, 0) is 29.8 Å². The minimum atomic E-state index is -4.71. The van der Waals surface area contributed by atoms with E-state index in [9.17, 15) is 22.4 Å². The van der Waals surface area contributed by atoms with E-state index < -0.39 is 23.1 Å². The van der Waals surface area contributed by atoms with E-state index in [0.717, 1.165) is 16.8 Å². The van der Waals surface area contributed by atoms with Crippen molar-refractivity contribution in [2.75, 3.05) is 5.32 Å². The highest BCUT2D eigenvalue weighted by Gasteiger charge is 2.33. The summed E-state index contributed by atoms with van der Waals surface area (Å²) in [7, 11) is 0. The van der Waals surface area contributed by atoms with Gasteiger partial charge in [-0.2, -0.15) is 23.0 Å². The number of benzene rings is 2. The van der Waals surface area contributed by atoms with Crippen molar-refractivity contribution < 1.29 is 17.6 Å². The Morgan fingerprint density at radius 2 is 1.81 bits per heavy atom. The van der Waals surface area contributed by atoms with Gasteiger partial charge < -0.3 is 5.32 Å². The first-order chi connectivity index (χ1) is 12.8. The summed E-state index contributed by atoms with van der Waals surface area (Å²) in [5, 5.41) is 6.41. The number of aromatic nitrogens is 2. The van der Waals surface area contributed by atoms with Gasteiger partial charge in [0.1, 0.15) is 10.8 Å². The Kier molecular flexibility index (Phi) is 5.18. The monoisotopic (exact) mass is 397 g/mol. The third-order valence-electron chi connectivity index (χ3n) is 3.77. The molecule has 3 aromatic rings. The average Bonchev–Trinajstić information content (AvgIpc) is 2.64. The molecule has 27 heavy (non-hydrogen) atoms. The quantitative estimate of drug-likeness (QED) is 0.651.